The van der Waals surface area contributed by atoms with Crippen molar-refractivity contribution >= 4 is 27.1 Å². The molecule has 0 unspecified atom stereocenters. The number of hydrazone groups is 1. The summed E-state index contributed by atoms with van der Waals surface area (Å²) in [4.78, 5) is 0.259. The average Bonchev–Trinajstić information content (AvgIpc) is 2.92. The normalized spacial score (nSPS) is 12.2. The Morgan fingerprint density at radius 3 is 2.52 bits per heavy atom. The molecule has 0 bridgehead atoms. The molecule has 1 aromatic heterocycles. The summed E-state index contributed by atoms with van der Waals surface area (Å²) >= 11 is 0. The van der Waals surface area contributed by atoms with Gasteiger partial charge in [0.2, 0.25) is 0 Å². The SMILES string of the molecule is NN=Cc1ccc2c(ccn2S(=O)(=O)c2ccccc2)c1. The van der Waals surface area contributed by atoms with Crippen molar-refractivity contribution < 1.29 is 8.42 Å². The molecule has 106 valence electrons. The van der Waals surface area contributed by atoms with E-state index in [1.54, 1.807) is 54.7 Å². The van der Waals surface area contributed by atoms with Crippen LogP contribution < -0.4 is 5.84 Å². The van der Waals surface area contributed by atoms with Crippen molar-refractivity contribution in [3.05, 3.63) is 66.4 Å². The van der Waals surface area contributed by atoms with E-state index in [4.69, 9.17) is 5.84 Å². The van der Waals surface area contributed by atoms with Crippen LogP contribution in [0.1, 0.15) is 5.56 Å². The first-order valence-electron chi connectivity index (χ1n) is 6.28. The number of fused-ring (bicyclic) bond motifs is 1. The van der Waals surface area contributed by atoms with Crippen LogP contribution in [0.2, 0.25) is 0 Å². The first-order valence-corrected chi connectivity index (χ1v) is 7.72. The molecule has 0 saturated heterocycles. The van der Waals surface area contributed by atoms with Crippen molar-refractivity contribution in [3.63, 3.8) is 0 Å². The Balaban J connectivity index is 2.18. The molecule has 1 heterocycles. The zero-order valence-corrected chi connectivity index (χ0v) is 11.9. The molecule has 0 radical (unpaired) electrons. The molecule has 6 heteroatoms. The molecule has 3 rings (SSSR count). The molecular weight excluding hydrogens is 286 g/mol. The van der Waals surface area contributed by atoms with Gasteiger partial charge in [0.15, 0.2) is 0 Å². The molecule has 0 atom stereocenters. The lowest BCUT2D eigenvalue weighted by Gasteiger charge is -2.07. The summed E-state index contributed by atoms with van der Waals surface area (Å²) in [5, 5.41) is 4.28. The van der Waals surface area contributed by atoms with Crippen molar-refractivity contribution in [1.29, 1.82) is 0 Å². The molecule has 2 aromatic carbocycles. The highest BCUT2D eigenvalue weighted by atomic mass is 32.2. The van der Waals surface area contributed by atoms with Gasteiger partial charge in [-0.25, -0.2) is 12.4 Å². The van der Waals surface area contributed by atoms with E-state index in [0.29, 0.717) is 5.52 Å². The third kappa shape index (κ3) is 2.30. The van der Waals surface area contributed by atoms with Gasteiger partial charge in [0, 0.05) is 11.6 Å². The second-order valence-corrected chi connectivity index (χ2v) is 6.34. The molecule has 0 spiro atoms. The Bertz CT molecular complexity index is 913. The predicted molar refractivity (Wildman–Crippen MR) is 82.7 cm³/mol. The predicted octanol–water partition coefficient (Wildman–Crippen LogP) is 2.17. The number of rotatable bonds is 3. The number of benzene rings is 2. The fraction of sp³-hybridized carbons (Fsp3) is 0. The highest BCUT2D eigenvalue weighted by Crippen LogP contribution is 2.22. The summed E-state index contributed by atoms with van der Waals surface area (Å²) in [5.74, 6) is 5.12. The maximum absolute atomic E-state index is 12.6. The molecule has 0 saturated carbocycles. The largest absolute Gasteiger partial charge is 0.323 e. The van der Waals surface area contributed by atoms with Crippen LogP contribution in [0.15, 0.2) is 70.8 Å². The first kappa shape index (κ1) is 13.4. The van der Waals surface area contributed by atoms with Crippen molar-refractivity contribution in [1.82, 2.24) is 3.97 Å². The van der Waals surface area contributed by atoms with Gasteiger partial charge in [-0.2, -0.15) is 5.10 Å². The molecule has 0 amide bonds. The van der Waals surface area contributed by atoms with Gasteiger partial charge in [0.25, 0.3) is 10.0 Å². The molecule has 2 N–H and O–H groups in total. The number of nitrogens with two attached hydrogens (primary N) is 1. The van der Waals surface area contributed by atoms with E-state index in [2.05, 4.69) is 5.10 Å². The van der Waals surface area contributed by atoms with Crippen molar-refractivity contribution in [3.8, 4) is 0 Å². The van der Waals surface area contributed by atoms with Gasteiger partial charge in [-0.3, -0.25) is 0 Å². The number of nitrogens with zero attached hydrogens (tertiary/aromatic N) is 2. The third-order valence-electron chi connectivity index (χ3n) is 3.20. The third-order valence-corrected chi connectivity index (χ3v) is 4.91. The molecule has 3 aromatic rings. The highest BCUT2D eigenvalue weighted by Gasteiger charge is 2.18. The van der Waals surface area contributed by atoms with Gasteiger partial charge in [-0.05, 0) is 35.9 Å². The Morgan fingerprint density at radius 1 is 1.05 bits per heavy atom. The van der Waals surface area contributed by atoms with Crippen molar-refractivity contribution in [2.75, 3.05) is 0 Å². The lowest BCUT2D eigenvalue weighted by Crippen LogP contribution is -2.11. The van der Waals surface area contributed by atoms with Gasteiger partial charge in [-0.15, -0.1) is 0 Å². The summed E-state index contributed by atoms with van der Waals surface area (Å²) in [6.45, 7) is 0. The molecule has 0 aliphatic rings. The lowest BCUT2D eigenvalue weighted by molar-refractivity contribution is 0.589. The van der Waals surface area contributed by atoms with Crippen LogP contribution in [0.4, 0.5) is 0 Å². The average molecular weight is 299 g/mol. The van der Waals surface area contributed by atoms with E-state index in [0.717, 1.165) is 10.9 Å². The lowest BCUT2D eigenvalue weighted by atomic mass is 10.2. The number of hydrogen-bond donors (Lipinski definition) is 1. The Labute approximate surface area is 122 Å². The second-order valence-electron chi connectivity index (χ2n) is 4.53. The molecular formula is C15H13N3O2S. The Hall–Kier alpha value is -2.60. The first-order chi connectivity index (χ1) is 10.1. The molecule has 5 nitrogen and oxygen atoms in total. The molecule has 0 aliphatic carbocycles. The van der Waals surface area contributed by atoms with Gasteiger partial charge >= 0.3 is 0 Å². The fourth-order valence-electron chi connectivity index (χ4n) is 2.22. The van der Waals surface area contributed by atoms with E-state index >= 15 is 0 Å². The summed E-state index contributed by atoms with van der Waals surface area (Å²) in [7, 11) is -3.59. The maximum Gasteiger partial charge on any atom is 0.268 e. The van der Waals surface area contributed by atoms with Crippen LogP contribution in [0.3, 0.4) is 0 Å². The van der Waals surface area contributed by atoms with Gasteiger partial charge in [-0.1, -0.05) is 24.3 Å². The maximum atomic E-state index is 12.6. The molecule has 0 fully saturated rings. The van der Waals surface area contributed by atoms with Crippen LogP contribution in [0, 0.1) is 0 Å². The smallest absolute Gasteiger partial charge is 0.268 e. The van der Waals surface area contributed by atoms with Crippen LogP contribution in [-0.2, 0) is 10.0 Å². The standard InChI is InChI=1S/C15H13N3O2S/c16-17-11-12-6-7-15-13(10-12)8-9-18(15)21(19,20)14-4-2-1-3-5-14/h1-11H,16H2. The molecule has 0 aliphatic heterocycles. The Morgan fingerprint density at radius 2 is 1.81 bits per heavy atom. The summed E-state index contributed by atoms with van der Waals surface area (Å²) in [6, 6.07) is 15.5. The van der Waals surface area contributed by atoms with Gasteiger partial charge in [0.1, 0.15) is 0 Å². The van der Waals surface area contributed by atoms with Gasteiger partial charge < -0.3 is 5.84 Å². The van der Waals surface area contributed by atoms with E-state index in [1.807, 2.05) is 6.07 Å². The Kier molecular flexibility index (Phi) is 3.23. The minimum absolute atomic E-state index is 0.259. The fourth-order valence-corrected chi connectivity index (χ4v) is 3.59. The minimum atomic E-state index is -3.59. The molecule has 21 heavy (non-hydrogen) atoms. The van der Waals surface area contributed by atoms with Crippen LogP contribution in [0.25, 0.3) is 10.9 Å². The second kappa shape index (κ2) is 5.06. The van der Waals surface area contributed by atoms with E-state index < -0.39 is 10.0 Å². The topological polar surface area (TPSA) is 77.4 Å². The summed E-state index contributed by atoms with van der Waals surface area (Å²) in [6.07, 6.45) is 3.07. The van der Waals surface area contributed by atoms with Crippen LogP contribution >= 0.6 is 0 Å². The van der Waals surface area contributed by atoms with E-state index in [-0.39, 0.29) is 4.90 Å². The zero-order chi connectivity index (χ0) is 14.9. The van der Waals surface area contributed by atoms with Crippen LogP contribution in [0.5, 0.6) is 0 Å². The highest BCUT2D eigenvalue weighted by molar-refractivity contribution is 7.90. The van der Waals surface area contributed by atoms with E-state index in [9.17, 15) is 8.42 Å². The quantitative estimate of drug-likeness (QED) is 0.457. The minimum Gasteiger partial charge on any atom is -0.323 e. The van der Waals surface area contributed by atoms with Crippen molar-refractivity contribution in [2.24, 2.45) is 10.9 Å². The zero-order valence-electron chi connectivity index (χ0n) is 11.0. The summed E-state index contributed by atoms with van der Waals surface area (Å²) in [5.41, 5.74) is 1.44. The van der Waals surface area contributed by atoms with E-state index in [1.165, 1.54) is 10.2 Å². The number of aromatic nitrogens is 1. The number of hydrogen-bond acceptors (Lipinski definition) is 4. The van der Waals surface area contributed by atoms with Crippen molar-refractivity contribution in [2.45, 2.75) is 4.90 Å². The summed E-state index contributed by atoms with van der Waals surface area (Å²) < 4.78 is 26.6. The van der Waals surface area contributed by atoms with Crippen LogP contribution in [-0.4, -0.2) is 18.6 Å². The van der Waals surface area contributed by atoms with Gasteiger partial charge in [0.05, 0.1) is 16.6 Å². The monoisotopic (exact) mass is 299 g/mol.